The summed E-state index contributed by atoms with van der Waals surface area (Å²) in [4.78, 5) is 0. The normalized spacial score (nSPS) is 18.6. The summed E-state index contributed by atoms with van der Waals surface area (Å²) >= 11 is 0. The van der Waals surface area contributed by atoms with Crippen molar-refractivity contribution in [2.45, 2.75) is 110 Å². The molecule has 2 aromatic rings. The Hall–Kier alpha value is -1.96. The third-order valence-electron chi connectivity index (χ3n) is 7.54. The first-order chi connectivity index (χ1) is 14.8. The summed E-state index contributed by atoms with van der Waals surface area (Å²) in [5.74, 6) is 0.836. The van der Waals surface area contributed by atoms with E-state index in [0.29, 0.717) is 11.5 Å². The van der Waals surface area contributed by atoms with Gasteiger partial charge in [-0.2, -0.15) is 0 Å². The number of hydrogen-bond donors (Lipinski definition) is 2. The lowest BCUT2D eigenvalue weighted by molar-refractivity contribution is 0.391. The van der Waals surface area contributed by atoms with Crippen LogP contribution in [0.1, 0.15) is 110 Å². The zero-order valence-electron chi connectivity index (χ0n) is 20.2. The van der Waals surface area contributed by atoms with Gasteiger partial charge in [0.05, 0.1) is 0 Å². The molecule has 1 fully saturated rings. The second kappa shape index (κ2) is 10.6. The van der Waals surface area contributed by atoms with E-state index in [1.54, 1.807) is 0 Å². The van der Waals surface area contributed by atoms with Crippen molar-refractivity contribution in [2.75, 3.05) is 0 Å². The van der Waals surface area contributed by atoms with Crippen molar-refractivity contribution in [3.63, 3.8) is 0 Å². The first-order valence-electron chi connectivity index (χ1n) is 12.5. The summed E-state index contributed by atoms with van der Waals surface area (Å²) in [5.41, 5.74) is 6.45. The number of aromatic hydroxyl groups is 2. The van der Waals surface area contributed by atoms with Gasteiger partial charge in [-0.1, -0.05) is 88.5 Å². The average molecular weight is 423 g/mol. The molecule has 0 spiro atoms. The molecule has 1 saturated carbocycles. The van der Waals surface area contributed by atoms with Crippen LogP contribution in [0.15, 0.2) is 24.3 Å². The summed E-state index contributed by atoms with van der Waals surface area (Å²) in [6.45, 7) is 8.08. The lowest BCUT2D eigenvalue weighted by Crippen LogP contribution is -2.29. The lowest BCUT2D eigenvalue weighted by Gasteiger charge is -2.37. The van der Waals surface area contributed by atoms with Crippen LogP contribution >= 0.6 is 0 Å². The van der Waals surface area contributed by atoms with E-state index in [1.807, 2.05) is 27.7 Å². The minimum atomic E-state index is -0.0690. The van der Waals surface area contributed by atoms with Crippen LogP contribution < -0.4 is 0 Å². The maximum absolute atomic E-state index is 10.5. The molecule has 0 aliphatic heterocycles. The second-order valence-corrected chi connectivity index (χ2v) is 10.0. The van der Waals surface area contributed by atoms with Crippen LogP contribution in [-0.2, 0) is 5.41 Å². The first kappa shape index (κ1) is 23.7. The highest BCUT2D eigenvalue weighted by atomic mass is 16.3. The van der Waals surface area contributed by atoms with E-state index in [-0.39, 0.29) is 5.41 Å². The van der Waals surface area contributed by atoms with Crippen LogP contribution in [-0.4, -0.2) is 10.2 Å². The maximum atomic E-state index is 10.5. The van der Waals surface area contributed by atoms with E-state index >= 15 is 0 Å². The molecule has 0 heterocycles. The summed E-state index contributed by atoms with van der Waals surface area (Å²) in [6.07, 6.45) is 15.4. The van der Waals surface area contributed by atoms with Crippen molar-refractivity contribution in [2.24, 2.45) is 0 Å². The van der Waals surface area contributed by atoms with E-state index in [0.717, 1.165) is 35.1 Å². The van der Waals surface area contributed by atoms with E-state index in [4.69, 9.17) is 0 Å². The molecular formula is C29H42O2. The number of rotatable bonds is 2. The molecule has 2 heteroatoms. The number of aryl methyl sites for hydroxylation is 4. The van der Waals surface area contributed by atoms with E-state index < -0.39 is 0 Å². The molecule has 170 valence electrons. The van der Waals surface area contributed by atoms with E-state index in [2.05, 4.69) is 24.3 Å². The van der Waals surface area contributed by atoms with Crippen molar-refractivity contribution in [3.05, 3.63) is 57.6 Å². The molecule has 0 amide bonds. The number of hydrogen-bond acceptors (Lipinski definition) is 2. The van der Waals surface area contributed by atoms with Gasteiger partial charge in [0.25, 0.3) is 0 Å². The third-order valence-corrected chi connectivity index (χ3v) is 7.54. The molecule has 0 atom stereocenters. The molecule has 1 aliphatic rings. The molecule has 0 aromatic heterocycles. The second-order valence-electron chi connectivity index (χ2n) is 10.0. The molecule has 1 aliphatic carbocycles. The summed E-state index contributed by atoms with van der Waals surface area (Å²) in [6, 6.07) is 8.88. The molecule has 0 saturated heterocycles. The van der Waals surface area contributed by atoms with Gasteiger partial charge in [0.1, 0.15) is 11.5 Å². The summed E-state index contributed by atoms with van der Waals surface area (Å²) in [5, 5.41) is 20.9. The number of benzene rings is 2. The van der Waals surface area contributed by atoms with Crippen molar-refractivity contribution in [3.8, 4) is 11.5 Å². The Labute approximate surface area is 189 Å². The Morgan fingerprint density at radius 3 is 1.03 bits per heavy atom. The number of phenolic OH excluding ortho intramolecular Hbond substituents is 2. The van der Waals surface area contributed by atoms with Crippen LogP contribution in [0.2, 0.25) is 0 Å². The molecule has 0 unspecified atom stereocenters. The van der Waals surface area contributed by atoms with Crippen LogP contribution in [0.25, 0.3) is 0 Å². The van der Waals surface area contributed by atoms with Crippen LogP contribution in [0.4, 0.5) is 0 Å². The molecule has 3 rings (SSSR count). The van der Waals surface area contributed by atoms with E-state index in [1.165, 1.54) is 75.3 Å². The van der Waals surface area contributed by atoms with Crippen molar-refractivity contribution in [1.82, 2.24) is 0 Å². The largest absolute Gasteiger partial charge is 0.507 e. The van der Waals surface area contributed by atoms with Crippen molar-refractivity contribution < 1.29 is 10.2 Å². The van der Waals surface area contributed by atoms with Gasteiger partial charge in [-0.05, 0) is 73.9 Å². The SMILES string of the molecule is Cc1cc(C2(c3cc(C)c(O)c(C)c3)CCCCCCCCCCCC2)cc(C)c1O. The molecule has 31 heavy (non-hydrogen) atoms. The highest BCUT2D eigenvalue weighted by Gasteiger charge is 2.35. The van der Waals surface area contributed by atoms with Crippen LogP contribution in [0, 0.1) is 27.7 Å². The topological polar surface area (TPSA) is 40.5 Å². The highest BCUT2D eigenvalue weighted by molar-refractivity contribution is 5.52. The fraction of sp³-hybridized carbons (Fsp3) is 0.586. The fourth-order valence-electron chi connectivity index (χ4n) is 5.60. The fourth-order valence-corrected chi connectivity index (χ4v) is 5.60. The van der Waals surface area contributed by atoms with Gasteiger partial charge in [-0.15, -0.1) is 0 Å². The Kier molecular flexibility index (Phi) is 8.08. The molecule has 2 nitrogen and oxygen atoms in total. The molecule has 0 radical (unpaired) electrons. The monoisotopic (exact) mass is 422 g/mol. The zero-order valence-corrected chi connectivity index (χ0v) is 20.2. The maximum Gasteiger partial charge on any atom is 0.121 e. The standard InChI is InChI=1S/C29H42O2/c1-21-17-25(18-22(2)27(21)30)29(26-19-23(3)28(31)24(4)20-26)15-13-11-9-7-5-6-8-10-12-14-16-29/h17-20,30-31H,5-16H2,1-4H3. The minimum absolute atomic E-state index is 0.0690. The van der Waals surface area contributed by atoms with Gasteiger partial charge in [-0.3, -0.25) is 0 Å². The predicted molar refractivity (Wildman–Crippen MR) is 131 cm³/mol. The minimum Gasteiger partial charge on any atom is -0.507 e. The summed E-state index contributed by atoms with van der Waals surface area (Å²) < 4.78 is 0. The van der Waals surface area contributed by atoms with Gasteiger partial charge >= 0.3 is 0 Å². The van der Waals surface area contributed by atoms with Gasteiger partial charge in [0, 0.05) is 5.41 Å². The van der Waals surface area contributed by atoms with E-state index in [9.17, 15) is 10.2 Å². The van der Waals surface area contributed by atoms with Gasteiger partial charge in [0.15, 0.2) is 0 Å². The summed E-state index contributed by atoms with van der Waals surface area (Å²) in [7, 11) is 0. The van der Waals surface area contributed by atoms with Crippen LogP contribution in [0.3, 0.4) is 0 Å². The Morgan fingerprint density at radius 2 is 0.742 bits per heavy atom. The number of phenols is 2. The molecule has 0 bridgehead atoms. The predicted octanol–water partition coefficient (Wildman–Crippen LogP) is 8.31. The molecular weight excluding hydrogens is 380 g/mol. The Balaban J connectivity index is 2.13. The van der Waals surface area contributed by atoms with Crippen LogP contribution in [0.5, 0.6) is 11.5 Å². The Morgan fingerprint density at radius 1 is 0.484 bits per heavy atom. The van der Waals surface area contributed by atoms with Gasteiger partial charge < -0.3 is 10.2 Å². The first-order valence-corrected chi connectivity index (χ1v) is 12.5. The Bertz CT molecular complexity index is 761. The van der Waals surface area contributed by atoms with Crippen molar-refractivity contribution in [1.29, 1.82) is 0 Å². The average Bonchev–Trinajstić information content (AvgIpc) is 2.76. The van der Waals surface area contributed by atoms with Gasteiger partial charge in [-0.25, -0.2) is 0 Å². The quantitative estimate of drug-likeness (QED) is 0.511. The highest BCUT2D eigenvalue weighted by Crippen LogP contribution is 2.45. The van der Waals surface area contributed by atoms with Gasteiger partial charge in [0.2, 0.25) is 0 Å². The molecule has 2 N–H and O–H groups in total. The smallest absolute Gasteiger partial charge is 0.121 e. The zero-order chi connectivity index (χ0) is 22.4. The van der Waals surface area contributed by atoms with Crippen molar-refractivity contribution >= 4 is 0 Å². The lowest BCUT2D eigenvalue weighted by atomic mass is 9.66. The third kappa shape index (κ3) is 5.45. The molecule has 2 aromatic carbocycles.